The molecule has 140 valence electrons. The van der Waals surface area contributed by atoms with Crippen molar-refractivity contribution in [3.63, 3.8) is 0 Å². The minimum absolute atomic E-state index is 0.0295. The van der Waals surface area contributed by atoms with Crippen LogP contribution in [0.15, 0.2) is 57.7 Å². The summed E-state index contributed by atoms with van der Waals surface area (Å²) >= 11 is 0. The van der Waals surface area contributed by atoms with Crippen LogP contribution in [0.2, 0.25) is 0 Å². The van der Waals surface area contributed by atoms with Gasteiger partial charge >= 0.3 is 5.76 Å². The largest absolute Gasteiger partial charge is 0.496 e. The van der Waals surface area contributed by atoms with E-state index in [4.69, 9.17) is 9.15 Å². The molecule has 2 aromatic carbocycles. The smallest absolute Gasteiger partial charge is 0.437 e. The van der Waals surface area contributed by atoms with Crippen LogP contribution in [0.5, 0.6) is 5.75 Å². The van der Waals surface area contributed by atoms with Gasteiger partial charge in [0, 0.05) is 12.1 Å². The number of nitrogens with zero attached hydrogens (tertiary/aromatic N) is 2. The number of aromatic nitrogens is 2. The lowest BCUT2D eigenvalue weighted by atomic mass is 10.1. The summed E-state index contributed by atoms with van der Waals surface area (Å²) in [5, 5.41) is 6.71. The van der Waals surface area contributed by atoms with Gasteiger partial charge in [0.25, 0.3) is 0 Å². The van der Waals surface area contributed by atoms with Crippen molar-refractivity contribution >= 4 is 5.91 Å². The molecule has 1 N–H and O–H groups in total. The minimum atomic E-state index is -0.755. The average Bonchev–Trinajstić information content (AvgIpc) is 3.03. The van der Waals surface area contributed by atoms with Gasteiger partial charge in [-0.2, -0.15) is 4.68 Å². The second kappa shape index (κ2) is 8.31. The van der Waals surface area contributed by atoms with Gasteiger partial charge in [-0.25, -0.2) is 9.18 Å². The molecule has 3 aromatic rings. The van der Waals surface area contributed by atoms with Crippen LogP contribution in [-0.2, 0) is 17.8 Å². The maximum absolute atomic E-state index is 13.0. The van der Waals surface area contributed by atoms with E-state index in [2.05, 4.69) is 10.4 Å². The number of hydrogen-bond acceptors (Lipinski definition) is 5. The molecule has 1 heterocycles. The highest BCUT2D eigenvalue weighted by atomic mass is 19.1. The summed E-state index contributed by atoms with van der Waals surface area (Å²) in [4.78, 5) is 23.9. The quantitative estimate of drug-likeness (QED) is 0.687. The number of ether oxygens (including phenoxy) is 1. The lowest BCUT2D eigenvalue weighted by Crippen LogP contribution is -2.32. The topological polar surface area (TPSA) is 86.4 Å². The SMILES string of the molecule is COc1ccccc1CCNC(=O)Cn1nc(-c2ccc(F)cc2)oc1=O. The Bertz CT molecular complexity index is 979. The maximum atomic E-state index is 13.0. The molecule has 0 radical (unpaired) electrons. The highest BCUT2D eigenvalue weighted by Gasteiger charge is 2.13. The van der Waals surface area contributed by atoms with Gasteiger partial charge in [-0.05, 0) is 42.3 Å². The van der Waals surface area contributed by atoms with Crippen molar-refractivity contribution in [2.45, 2.75) is 13.0 Å². The zero-order valence-electron chi connectivity index (χ0n) is 14.6. The molecule has 0 aliphatic carbocycles. The lowest BCUT2D eigenvalue weighted by molar-refractivity contribution is -0.121. The molecule has 3 rings (SSSR count). The number of carbonyl (C=O) groups excluding carboxylic acids is 1. The van der Waals surface area contributed by atoms with Crippen molar-refractivity contribution in [1.29, 1.82) is 0 Å². The third kappa shape index (κ3) is 4.60. The summed E-state index contributed by atoms with van der Waals surface area (Å²) in [5.41, 5.74) is 1.42. The van der Waals surface area contributed by atoms with Crippen LogP contribution in [0, 0.1) is 5.82 Å². The van der Waals surface area contributed by atoms with Gasteiger partial charge in [-0.3, -0.25) is 4.79 Å². The Morgan fingerprint density at radius 3 is 2.70 bits per heavy atom. The first-order chi connectivity index (χ1) is 13.1. The summed E-state index contributed by atoms with van der Waals surface area (Å²) in [6.45, 7) is 0.117. The summed E-state index contributed by atoms with van der Waals surface area (Å²) < 4.78 is 24.2. The fourth-order valence-electron chi connectivity index (χ4n) is 2.55. The Hall–Kier alpha value is -3.42. The number of rotatable bonds is 7. The average molecular weight is 371 g/mol. The molecule has 0 saturated heterocycles. The predicted molar refractivity (Wildman–Crippen MR) is 95.9 cm³/mol. The molecule has 0 saturated carbocycles. The Labute approximate surface area is 154 Å². The number of hydrogen-bond donors (Lipinski definition) is 1. The third-order valence-electron chi connectivity index (χ3n) is 3.90. The number of benzene rings is 2. The van der Waals surface area contributed by atoms with Crippen molar-refractivity contribution in [2.75, 3.05) is 13.7 Å². The summed E-state index contributed by atoms with van der Waals surface area (Å²) in [5.74, 6) is -0.750. The van der Waals surface area contributed by atoms with Crippen LogP contribution < -0.4 is 15.8 Å². The molecule has 7 nitrogen and oxygen atoms in total. The minimum Gasteiger partial charge on any atom is -0.496 e. The van der Waals surface area contributed by atoms with Crippen LogP contribution in [0.3, 0.4) is 0 Å². The van der Waals surface area contributed by atoms with E-state index in [-0.39, 0.29) is 18.3 Å². The van der Waals surface area contributed by atoms with Gasteiger partial charge < -0.3 is 14.5 Å². The first kappa shape index (κ1) is 18.4. The third-order valence-corrected chi connectivity index (χ3v) is 3.90. The summed E-state index contributed by atoms with van der Waals surface area (Å²) in [6.07, 6.45) is 0.588. The van der Waals surface area contributed by atoms with E-state index in [1.54, 1.807) is 7.11 Å². The van der Waals surface area contributed by atoms with Crippen LogP contribution in [0.25, 0.3) is 11.5 Å². The fourth-order valence-corrected chi connectivity index (χ4v) is 2.55. The number of para-hydroxylation sites is 1. The van der Waals surface area contributed by atoms with E-state index in [9.17, 15) is 14.0 Å². The van der Waals surface area contributed by atoms with E-state index in [1.807, 2.05) is 24.3 Å². The zero-order chi connectivity index (χ0) is 19.2. The van der Waals surface area contributed by atoms with Crippen LogP contribution in [-0.4, -0.2) is 29.3 Å². The van der Waals surface area contributed by atoms with E-state index in [0.29, 0.717) is 18.5 Å². The van der Waals surface area contributed by atoms with Crippen LogP contribution in [0.4, 0.5) is 4.39 Å². The van der Waals surface area contributed by atoms with Crippen molar-refractivity contribution in [1.82, 2.24) is 15.1 Å². The molecule has 27 heavy (non-hydrogen) atoms. The standard InChI is InChI=1S/C19H18FN3O4/c1-26-16-5-3-2-4-13(16)10-11-21-17(24)12-23-19(25)27-18(22-23)14-6-8-15(20)9-7-14/h2-9H,10-12H2,1H3,(H,21,24). The van der Waals surface area contributed by atoms with Gasteiger partial charge in [0.05, 0.1) is 7.11 Å². The molecule has 0 bridgehead atoms. The second-order valence-corrected chi connectivity index (χ2v) is 5.75. The summed E-state index contributed by atoms with van der Waals surface area (Å²) in [6, 6.07) is 12.9. The van der Waals surface area contributed by atoms with Gasteiger partial charge in [0.2, 0.25) is 11.8 Å². The van der Waals surface area contributed by atoms with E-state index >= 15 is 0 Å². The Balaban J connectivity index is 1.58. The second-order valence-electron chi connectivity index (χ2n) is 5.75. The van der Waals surface area contributed by atoms with Crippen molar-refractivity contribution in [2.24, 2.45) is 0 Å². The van der Waals surface area contributed by atoms with Gasteiger partial charge in [-0.15, -0.1) is 5.10 Å². The van der Waals surface area contributed by atoms with E-state index in [0.717, 1.165) is 16.0 Å². The molecule has 1 amide bonds. The molecule has 0 aliphatic rings. The molecule has 8 heteroatoms. The van der Waals surface area contributed by atoms with Gasteiger partial charge in [0.15, 0.2) is 0 Å². The number of carbonyl (C=O) groups is 1. The molecule has 0 spiro atoms. The normalized spacial score (nSPS) is 10.6. The molecule has 0 atom stereocenters. The molecular formula is C19H18FN3O4. The molecule has 0 aliphatic heterocycles. The fraction of sp³-hybridized carbons (Fsp3) is 0.211. The number of amides is 1. The van der Waals surface area contributed by atoms with Crippen LogP contribution in [0.1, 0.15) is 5.56 Å². The van der Waals surface area contributed by atoms with Crippen LogP contribution >= 0.6 is 0 Å². The van der Waals surface area contributed by atoms with E-state index < -0.39 is 11.6 Å². The first-order valence-electron chi connectivity index (χ1n) is 8.29. The number of nitrogens with one attached hydrogen (secondary N) is 1. The Morgan fingerprint density at radius 2 is 1.96 bits per heavy atom. The predicted octanol–water partition coefficient (Wildman–Crippen LogP) is 2.01. The summed E-state index contributed by atoms with van der Waals surface area (Å²) in [7, 11) is 1.59. The maximum Gasteiger partial charge on any atom is 0.437 e. The highest BCUT2D eigenvalue weighted by molar-refractivity contribution is 5.75. The Morgan fingerprint density at radius 1 is 1.22 bits per heavy atom. The lowest BCUT2D eigenvalue weighted by Gasteiger charge is -2.08. The van der Waals surface area contributed by atoms with Gasteiger partial charge in [-0.1, -0.05) is 18.2 Å². The zero-order valence-corrected chi connectivity index (χ0v) is 14.6. The van der Waals surface area contributed by atoms with Crippen molar-refractivity contribution in [3.8, 4) is 17.2 Å². The van der Waals surface area contributed by atoms with E-state index in [1.165, 1.54) is 24.3 Å². The van der Waals surface area contributed by atoms with Crippen molar-refractivity contribution < 1.29 is 18.3 Å². The van der Waals surface area contributed by atoms with Gasteiger partial charge in [0.1, 0.15) is 18.1 Å². The number of halogens is 1. The monoisotopic (exact) mass is 371 g/mol. The Kier molecular flexibility index (Phi) is 5.65. The highest BCUT2D eigenvalue weighted by Crippen LogP contribution is 2.17. The molecule has 1 aromatic heterocycles. The molecule has 0 unspecified atom stereocenters. The number of methoxy groups -OCH3 is 1. The molecular weight excluding hydrogens is 353 g/mol. The molecule has 0 fully saturated rings. The first-order valence-corrected chi connectivity index (χ1v) is 8.29. The van der Waals surface area contributed by atoms with Crippen molar-refractivity contribution in [3.05, 3.63) is 70.5 Å².